The highest BCUT2D eigenvalue weighted by atomic mass is 32.1. The minimum atomic E-state index is -0.279. The lowest BCUT2D eigenvalue weighted by Gasteiger charge is -2.21. The van der Waals surface area contributed by atoms with Crippen molar-refractivity contribution in [2.24, 2.45) is 0 Å². The number of carbonyl (C=O) groups excluding carboxylic acids is 1. The van der Waals surface area contributed by atoms with Gasteiger partial charge in [-0.25, -0.2) is 15.0 Å². The maximum Gasteiger partial charge on any atom is 0.271 e. The second-order valence-electron chi connectivity index (χ2n) is 6.52. The number of nitriles is 1. The largest absolute Gasteiger partial charge is 0.467 e. The van der Waals surface area contributed by atoms with E-state index in [0.29, 0.717) is 35.6 Å². The number of furan rings is 1. The molecule has 29 heavy (non-hydrogen) atoms. The van der Waals surface area contributed by atoms with Gasteiger partial charge in [0.1, 0.15) is 11.5 Å². The van der Waals surface area contributed by atoms with Gasteiger partial charge in [-0.15, -0.1) is 11.3 Å². The average Bonchev–Trinajstić information content (AvgIpc) is 3.49. The molecule has 0 radical (unpaired) electrons. The monoisotopic (exact) mass is 409 g/mol. The van der Waals surface area contributed by atoms with Crippen LogP contribution in [0, 0.1) is 11.3 Å². The van der Waals surface area contributed by atoms with Crippen LogP contribution in [0.25, 0.3) is 0 Å². The van der Waals surface area contributed by atoms with E-state index in [-0.39, 0.29) is 11.9 Å². The molecule has 2 N–H and O–H groups in total. The third-order valence-corrected chi connectivity index (χ3v) is 5.37. The molecule has 1 aliphatic rings. The Balaban J connectivity index is 1.40. The molecule has 1 aliphatic heterocycles. The summed E-state index contributed by atoms with van der Waals surface area (Å²) in [6, 6.07) is 7.77. The maximum absolute atomic E-state index is 12.2. The van der Waals surface area contributed by atoms with Crippen molar-refractivity contribution in [3.63, 3.8) is 0 Å². The van der Waals surface area contributed by atoms with E-state index < -0.39 is 0 Å². The van der Waals surface area contributed by atoms with Crippen molar-refractivity contribution in [3.05, 3.63) is 53.2 Å². The Morgan fingerprint density at radius 2 is 2.34 bits per heavy atom. The van der Waals surface area contributed by atoms with E-state index in [1.165, 1.54) is 11.3 Å². The van der Waals surface area contributed by atoms with E-state index in [1.807, 2.05) is 6.07 Å². The van der Waals surface area contributed by atoms with Gasteiger partial charge in [0.05, 0.1) is 37.2 Å². The lowest BCUT2D eigenvalue weighted by molar-refractivity contribution is 0.0944. The Kier molecular flexibility index (Phi) is 5.79. The predicted octanol–water partition coefficient (Wildman–Crippen LogP) is 2.86. The second-order valence-corrected chi connectivity index (χ2v) is 7.37. The summed E-state index contributed by atoms with van der Waals surface area (Å²) in [7, 11) is 0. The number of hydrogen-bond donors (Lipinski definition) is 2. The Morgan fingerprint density at radius 1 is 1.41 bits per heavy atom. The summed E-state index contributed by atoms with van der Waals surface area (Å²) in [5.41, 5.74) is 1.19. The number of hydrogen-bond acceptors (Lipinski definition) is 9. The number of likely N-dealkylation sites (tertiary alicyclic amines) is 1. The van der Waals surface area contributed by atoms with Gasteiger partial charge in [0, 0.05) is 11.6 Å². The summed E-state index contributed by atoms with van der Waals surface area (Å²) in [4.78, 5) is 27.5. The topological polar surface area (TPSA) is 120 Å². The van der Waals surface area contributed by atoms with Crippen LogP contribution in [0.15, 0.2) is 40.5 Å². The number of rotatable bonds is 7. The SMILES string of the molecule is N#CCN1CCC[C@H]1c1ccnc(Nc2nc(C(=O)NCc3ccco3)cs2)n1. The van der Waals surface area contributed by atoms with Gasteiger partial charge < -0.3 is 15.1 Å². The molecule has 3 aromatic heterocycles. The smallest absolute Gasteiger partial charge is 0.271 e. The molecule has 4 heterocycles. The highest BCUT2D eigenvalue weighted by Crippen LogP contribution is 2.30. The van der Waals surface area contributed by atoms with E-state index >= 15 is 0 Å². The molecule has 10 heteroatoms. The summed E-state index contributed by atoms with van der Waals surface area (Å²) >= 11 is 1.30. The van der Waals surface area contributed by atoms with Crippen LogP contribution in [0.3, 0.4) is 0 Å². The first-order valence-electron chi connectivity index (χ1n) is 9.20. The van der Waals surface area contributed by atoms with E-state index in [2.05, 4.69) is 36.6 Å². The van der Waals surface area contributed by atoms with Gasteiger partial charge in [-0.05, 0) is 37.6 Å². The van der Waals surface area contributed by atoms with Crippen LogP contribution in [0.1, 0.15) is 40.8 Å². The van der Waals surface area contributed by atoms with Gasteiger partial charge in [-0.1, -0.05) is 0 Å². The first kappa shape index (κ1) is 19.0. The predicted molar refractivity (Wildman–Crippen MR) is 106 cm³/mol. The molecule has 4 rings (SSSR count). The van der Waals surface area contributed by atoms with E-state index in [0.717, 1.165) is 25.1 Å². The van der Waals surface area contributed by atoms with E-state index in [9.17, 15) is 4.79 Å². The molecule has 3 aromatic rings. The van der Waals surface area contributed by atoms with E-state index in [1.54, 1.807) is 30.0 Å². The molecular weight excluding hydrogens is 390 g/mol. The molecule has 0 saturated carbocycles. The Morgan fingerprint density at radius 3 is 3.17 bits per heavy atom. The second kappa shape index (κ2) is 8.81. The molecular formula is C19H19N7O2S. The molecule has 0 spiro atoms. The minimum Gasteiger partial charge on any atom is -0.467 e. The molecule has 0 bridgehead atoms. The molecule has 1 amide bonds. The quantitative estimate of drug-likeness (QED) is 0.572. The Hall–Kier alpha value is -3.29. The summed E-state index contributed by atoms with van der Waals surface area (Å²) in [5, 5.41) is 17.0. The van der Waals surface area contributed by atoms with Crippen molar-refractivity contribution in [1.82, 2.24) is 25.2 Å². The van der Waals surface area contributed by atoms with Gasteiger partial charge >= 0.3 is 0 Å². The van der Waals surface area contributed by atoms with Crippen molar-refractivity contribution in [2.75, 3.05) is 18.4 Å². The first-order valence-corrected chi connectivity index (χ1v) is 10.1. The van der Waals surface area contributed by atoms with Gasteiger partial charge in [0.25, 0.3) is 5.91 Å². The van der Waals surface area contributed by atoms with Gasteiger partial charge in [-0.3, -0.25) is 9.69 Å². The van der Waals surface area contributed by atoms with Crippen LogP contribution in [-0.4, -0.2) is 38.8 Å². The lowest BCUT2D eigenvalue weighted by Crippen LogP contribution is -2.24. The molecule has 9 nitrogen and oxygen atoms in total. The number of anilines is 2. The Labute approximate surface area is 171 Å². The number of amides is 1. The zero-order valence-electron chi connectivity index (χ0n) is 15.5. The fraction of sp³-hybridized carbons (Fsp3) is 0.316. The molecule has 1 atom stereocenters. The van der Waals surface area contributed by atoms with Crippen LogP contribution in [0.2, 0.25) is 0 Å². The number of nitrogens with one attached hydrogen (secondary N) is 2. The summed E-state index contributed by atoms with van der Waals surface area (Å²) in [6.07, 6.45) is 5.27. The van der Waals surface area contributed by atoms with Crippen molar-refractivity contribution >= 4 is 28.3 Å². The molecule has 148 valence electrons. The molecule has 1 fully saturated rings. The number of aromatic nitrogens is 3. The maximum atomic E-state index is 12.2. The summed E-state index contributed by atoms with van der Waals surface area (Å²) < 4.78 is 5.20. The number of nitrogens with zero attached hydrogens (tertiary/aromatic N) is 5. The van der Waals surface area contributed by atoms with Gasteiger partial charge in [0.15, 0.2) is 5.13 Å². The molecule has 0 aliphatic carbocycles. The highest BCUT2D eigenvalue weighted by Gasteiger charge is 2.27. The number of carbonyl (C=O) groups is 1. The molecule has 1 saturated heterocycles. The summed E-state index contributed by atoms with van der Waals surface area (Å²) in [6.45, 7) is 1.59. The minimum absolute atomic E-state index is 0.123. The third-order valence-electron chi connectivity index (χ3n) is 4.61. The normalized spacial score (nSPS) is 16.4. The van der Waals surface area contributed by atoms with Crippen molar-refractivity contribution in [2.45, 2.75) is 25.4 Å². The van der Waals surface area contributed by atoms with Crippen LogP contribution in [-0.2, 0) is 6.54 Å². The van der Waals surface area contributed by atoms with Crippen LogP contribution in [0.5, 0.6) is 0 Å². The summed E-state index contributed by atoms with van der Waals surface area (Å²) in [5.74, 6) is 0.816. The number of thiazole rings is 1. The van der Waals surface area contributed by atoms with Crippen LogP contribution >= 0.6 is 11.3 Å². The van der Waals surface area contributed by atoms with Crippen molar-refractivity contribution in [1.29, 1.82) is 5.26 Å². The average molecular weight is 409 g/mol. The van der Waals surface area contributed by atoms with Crippen molar-refractivity contribution < 1.29 is 9.21 Å². The zero-order valence-corrected chi connectivity index (χ0v) is 16.4. The molecule has 0 unspecified atom stereocenters. The fourth-order valence-electron chi connectivity index (χ4n) is 3.26. The third kappa shape index (κ3) is 4.59. The molecule has 0 aromatic carbocycles. The van der Waals surface area contributed by atoms with E-state index in [4.69, 9.17) is 9.68 Å². The van der Waals surface area contributed by atoms with Gasteiger partial charge in [-0.2, -0.15) is 5.26 Å². The van der Waals surface area contributed by atoms with Crippen LogP contribution in [0.4, 0.5) is 11.1 Å². The zero-order chi connectivity index (χ0) is 20.1. The first-order chi connectivity index (χ1) is 14.2. The van der Waals surface area contributed by atoms with Crippen LogP contribution < -0.4 is 10.6 Å². The standard InChI is InChI=1S/C19H19N7O2S/c20-6-9-26-8-1-4-16(26)14-5-7-21-18(23-14)25-19-24-15(12-29-19)17(27)22-11-13-3-2-10-28-13/h2-3,5,7,10,12,16H,1,4,8-9,11H2,(H,22,27)(H,21,23,24,25)/t16-/m0/s1. The highest BCUT2D eigenvalue weighted by molar-refractivity contribution is 7.14. The van der Waals surface area contributed by atoms with Crippen molar-refractivity contribution in [3.8, 4) is 6.07 Å². The Bertz CT molecular complexity index is 1010. The lowest BCUT2D eigenvalue weighted by atomic mass is 10.1. The fourth-order valence-corrected chi connectivity index (χ4v) is 3.95. The van der Waals surface area contributed by atoms with Gasteiger partial charge in [0.2, 0.25) is 5.95 Å².